The summed E-state index contributed by atoms with van der Waals surface area (Å²) in [7, 11) is 1.89. The number of benzene rings is 1. The summed E-state index contributed by atoms with van der Waals surface area (Å²) in [6.45, 7) is 1.88. The first-order chi connectivity index (χ1) is 17.9. The van der Waals surface area contributed by atoms with Crippen LogP contribution in [0.25, 0.3) is 33.3 Å². The van der Waals surface area contributed by atoms with E-state index in [1.54, 1.807) is 11.6 Å². The third-order valence-corrected chi connectivity index (χ3v) is 7.65. The first-order valence-electron chi connectivity index (χ1n) is 12.1. The van der Waals surface area contributed by atoms with E-state index in [4.69, 9.17) is 9.97 Å². The van der Waals surface area contributed by atoms with Gasteiger partial charge in [-0.05, 0) is 44.7 Å². The average molecular weight is 522 g/mol. The lowest BCUT2D eigenvalue weighted by Crippen LogP contribution is -2.42. The predicted molar refractivity (Wildman–Crippen MR) is 140 cm³/mol. The van der Waals surface area contributed by atoms with E-state index in [2.05, 4.69) is 20.6 Å². The van der Waals surface area contributed by atoms with Crippen LogP contribution in [-0.2, 0) is 7.05 Å². The number of rotatable bonds is 5. The van der Waals surface area contributed by atoms with Gasteiger partial charge in [0.1, 0.15) is 28.8 Å². The van der Waals surface area contributed by atoms with Gasteiger partial charge in [-0.3, -0.25) is 4.79 Å². The molecule has 4 aromatic heterocycles. The Labute approximate surface area is 215 Å². The molecule has 190 valence electrons. The number of nitrogens with one attached hydrogen (secondary N) is 3. The summed E-state index contributed by atoms with van der Waals surface area (Å²) in [5.74, 6) is -0.454. The van der Waals surface area contributed by atoms with Gasteiger partial charge >= 0.3 is 0 Å². The molecule has 6 rings (SSSR count). The third kappa shape index (κ3) is 4.43. The molecule has 5 aromatic rings. The second kappa shape index (κ2) is 9.22. The number of thiazole rings is 1. The minimum absolute atomic E-state index is 0.0212. The third-order valence-electron chi connectivity index (χ3n) is 6.87. The maximum atomic E-state index is 14.3. The van der Waals surface area contributed by atoms with Crippen LogP contribution in [0.3, 0.4) is 0 Å². The molecule has 1 aliphatic rings. The highest BCUT2D eigenvalue weighted by atomic mass is 32.1. The summed E-state index contributed by atoms with van der Waals surface area (Å²) in [5, 5.41) is 10.6. The molecule has 0 saturated heterocycles. The quantitative estimate of drug-likeness (QED) is 0.291. The number of nitrogens with zero attached hydrogens (tertiary/aromatic N) is 4. The number of amides is 1. The van der Waals surface area contributed by atoms with Crippen LogP contribution in [-0.4, -0.2) is 42.5 Å². The Kier molecular flexibility index (Phi) is 5.86. The van der Waals surface area contributed by atoms with Gasteiger partial charge < -0.3 is 20.2 Å². The monoisotopic (exact) mass is 521 g/mol. The molecule has 0 radical (unpaired) electrons. The van der Waals surface area contributed by atoms with Crippen LogP contribution in [0.2, 0.25) is 0 Å². The van der Waals surface area contributed by atoms with E-state index in [0.29, 0.717) is 33.9 Å². The Morgan fingerprint density at radius 1 is 1.16 bits per heavy atom. The molecule has 3 N–H and O–H groups in total. The van der Waals surface area contributed by atoms with Crippen LogP contribution in [0.4, 0.5) is 14.6 Å². The average Bonchev–Trinajstić information content (AvgIpc) is 3.58. The Hall–Kier alpha value is -3.86. The van der Waals surface area contributed by atoms with E-state index < -0.39 is 11.6 Å². The molecule has 8 nitrogen and oxygen atoms in total. The van der Waals surface area contributed by atoms with Crippen molar-refractivity contribution in [3.63, 3.8) is 0 Å². The molecule has 0 spiro atoms. The summed E-state index contributed by atoms with van der Waals surface area (Å²) in [5.41, 5.74) is 1.89. The van der Waals surface area contributed by atoms with Crippen LogP contribution in [0.15, 0.2) is 36.0 Å². The van der Waals surface area contributed by atoms with Crippen molar-refractivity contribution < 1.29 is 13.6 Å². The standard InChI is InChI=1S/C26H25F2N7OS/c1-13-30-21(12-37-13)26(36)32-16-5-3-4-15(10-16)31-23-17-6-7-35(2)25(17)34-24(33-23)19-11-29-22-18(19)8-14(27)9-20(22)28/h6-9,11-12,15-16,29H,3-5,10H2,1-2H3,(H,32,36)(H,31,33,34). The first kappa shape index (κ1) is 23.5. The predicted octanol–water partition coefficient (Wildman–Crippen LogP) is 5.31. The van der Waals surface area contributed by atoms with E-state index in [9.17, 15) is 13.6 Å². The van der Waals surface area contributed by atoms with Crippen LogP contribution in [0.5, 0.6) is 0 Å². The molecule has 1 fully saturated rings. The molecule has 1 amide bonds. The van der Waals surface area contributed by atoms with Crippen LogP contribution in [0.1, 0.15) is 41.2 Å². The lowest BCUT2D eigenvalue weighted by Gasteiger charge is -2.30. The fraction of sp³-hybridized carbons (Fsp3) is 0.308. The molecule has 2 atom stereocenters. The fourth-order valence-electron chi connectivity index (χ4n) is 5.08. The second-order valence-corrected chi connectivity index (χ2v) is 10.6. The number of carbonyl (C=O) groups excluding carboxylic acids is 1. The van der Waals surface area contributed by atoms with Crippen molar-refractivity contribution in [2.75, 3.05) is 5.32 Å². The van der Waals surface area contributed by atoms with Gasteiger partial charge in [-0.2, -0.15) is 0 Å². The second-order valence-electron chi connectivity index (χ2n) is 9.50. The molecule has 1 saturated carbocycles. The van der Waals surface area contributed by atoms with Crippen molar-refractivity contribution in [1.29, 1.82) is 0 Å². The highest BCUT2D eigenvalue weighted by Gasteiger charge is 2.26. The van der Waals surface area contributed by atoms with Crippen molar-refractivity contribution in [1.82, 2.24) is 29.8 Å². The molecule has 37 heavy (non-hydrogen) atoms. The molecule has 1 aliphatic carbocycles. The Balaban J connectivity index is 1.29. The van der Waals surface area contributed by atoms with E-state index >= 15 is 0 Å². The van der Waals surface area contributed by atoms with Gasteiger partial charge in [0.2, 0.25) is 0 Å². The number of hydrogen-bond acceptors (Lipinski definition) is 6. The van der Waals surface area contributed by atoms with Crippen molar-refractivity contribution in [2.24, 2.45) is 7.05 Å². The van der Waals surface area contributed by atoms with Gasteiger partial charge in [-0.1, -0.05) is 0 Å². The summed E-state index contributed by atoms with van der Waals surface area (Å²) in [6, 6.07) is 4.19. The molecular weight excluding hydrogens is 496 g/mol. The highest BCUT2D eigenvalue weighted by molar-refractivity contribution is 7.09. The normalized spacial score (nSPS) is 17.9. The number of carbonyl (C=O) groups is 1. The van der Waals surface area contributed by atoms with Crippen molar-refractivity contribution in [3.05, 3.63) is 58.3 Å². The lowest BCUT2D eigenvalue weighted by atomic mass is 9.90. The molecule has 11 heteroatoms. The number of H-pyrrole nitrogens is 1. The van der Waals surface area contributed by atoms with E-state index in [1.165, 1.54) is 17.4 Å². The van der Waals surface area contributed by atoms with Crippen LogP contribution >= 0.6 is 11.3 Å². The van der Waals surface area contributed by atoms with E-state index in [1.807, 2.05) is 30.8 Å². The number of aryl methyl sites for hydroxylation is 2. The van der Waals surface area contributed by atoms with Crippen LogP contribution < -0.4 is 10.6 Å². The SMILES string of the molecule is Cc1nc(C(=O)NC2CCCC(Nc3nc(-c4c[nH]c5c(F)cc(F)cc45)nc4c3ccn4C)C2)cs1. The van der Waals surface area contributed by atoms with Gasteiger partial charge in [0.25, 0.3) is 5.91 Å². The van der Waals surface area contributed by atoms with E-state index in [0.717, 1.165) is 42.1 Å². The Morgan fingerprint density at radius 2 is 2.00 bits per heavy atom. The topological polar surface area (TPSA) is 101 Å². The molecular formula is C26H25F2N7OS. The highest BCUT2D eigenvalue weighted by Crippen LogP contribution is 2.33. The maximum absolute atomic E-state index is 14.3. The number of anilines is 1. The summed E-state index contributed by atoms with van der Waals surface area (Å²) in [4.78, 5) is 29.3. The minimum Gasteiger partial charge on any atom is -0.367 e. The number of hydrogen-bond donors (Lipinski definition) is 3. The van der Waals surface area contributed by atoms with Gasteiger partial charge in [0.05, 0.1) is 15.9 Å². The fourth-order valence-corrected chi connectivity index (χ4v) is 5.67. The maximum Gasteiger partial charge on any atom is 0.270 e. The number of fused-ring (bicyclic) bond motifs is 2. The van der Waals surface area contributed by atoms with Crippen molar-refractivity contribution in [2.45, 2.75) is 44.7 Å². The molecule has 0 bridgehead atoms. The molecule has 0 aliphatic heterocycles. The Bertz CT molecular complexity index is 1640. The van der Waals surface area contributed by atoms with Crippen molar-refractivity contribution in [3.8, 4) is 11.4 Å². The van der Waals surface area contributed by atoms with Crippen molar-refractivity contribution >= 4 is 45.0 Å². The molecule has 4 heterocycles. The zero-order chi connectivity index (χ0) is 25.7. The number of aromatic amines is 1. The Morgan fingerprint density at radius 3 is 2.81 bits per heavy atom. The van der Waals surface area contributed by atoms with Crippen LogP contribution in [0, 0.1) is 18.6 Å². The largest absolute Gasteiger partial charge is 0.367 e. The number of aromatic nitrogens is 5. The molecule has 1 aromatic carbocycles. The van der Waals surface area contributed by atoms with Gasteiger partial charge in [0.15, 0.2) is 5.82 Å². The zero-order valence-electron chi connectivity index (χ0n) is 20.3. The summed E-state index contributed by atoms with van der Waals surface area (Å²) >= 11 is 1.46. The smallest absolute Gasteiger partial charge is 0.270 e. The molecule has 2 unspecified atom stereocenters. The summed E-state index contributed by atoms with van der Waals surface area (Å²) < 4.78 is 30.2. The summed E-state index contributed by atoms with van der Waals surface area (Å²) in [6.07, 6.45) is 7.03. The minimum atomic E-state index is -0.664. The lowest BCUT2D eigenvalue weighted by molar-refractivity contribution is 0.0922. The van der Waals surface area contributed by atoms with Gasteiger partial charge in [-0.15, -0.1) is 11.3 Å². The number of halogens is 2. The van der Waals surface area contributed by atoms with Gasteiger partial charge in [-0.25, -0.2) is 23.7 Å². The van der Waals surface area contributed by atoms with E-state index in [-0.39, 0.29) is 23.5 Å². The van der Waals surface area contributed by atoms with Gasteiger partial charge in [0, 0.05) is 53.9 Å². The zero-order valence-corrected chi connectivity index (χ0v) is 21.1. The first-order valence-corrected chi connectivity index (χ1v) is 13.0.